The van der Waals surface area contributed by atoms with Crippen molar-refractivity contribution in [1.29, 1.82) is 0 Å². The maximum Gasteiger partial charge on any atom is 0.286 e. The molecule has 1 N–H and O–H groups in total. The van der Waals surface area contributed by atoms with Crippen molar-refractivity contribution in [2.45, 2.75) is 26.1 Å². The first-order valence-corrected chi connectivity index (χ1v) is 11.2. The van der Waals surface area contributed by atoms with Crippen molar-refractivity contribution in [3.05, 3.63) is 99.7 Å². The number of aromatic nitrogens is 1. The molecule has 0 bridgehead atoms. The molecule has 0 aliphatic heterocycles. The van der Waals surface area contributed by atoms with Crippen LogP contribution in [0.4, 0.5) is 4.39 Å². The molecule has 0 atom stereocenters. The van der Waals surface area contributed by atoms with Gasteiger partial charge in [-0.15, -0.1) is 0 Å². The van der Waals surface area contributed by atoms with Crippen LogP contribution in [0.1, 0.15) is 23.1 Å². The fraction of sp³-hybridized carbons (Fsp3) is 0.227. The van der Waals surface area contributed by atoms with Gasteiger partial charge < -0.3 is 9.57 Å². The van der Waals surface area contributed by atoms with E-state index in [-0.39, 0.29) is 24.8 Å². The molecule has 3 rings (SSSR count). The summed E-state index contributed by atoms with van der Waals surface area (Å²) in [7, 11) is -3.94. The van der Waals surface area contributed by atoms with E-state index in [0.717, 1.165) is 21.4 Å². The average Bonchev–Trinajstić information content (AvgIpc) is 2.73. The normalized spacial score (nSPS) is 11.3. The summed E-state index contributed by atoms with van der Waals surface area (Å²) >= 11 is 0. The molecular formula is C22H22FNO6S. The van der Waals surface area contributed by atoms with Crippen molar-refractivity contribution in [1.82, 2.24) is 4.73 Å². The zero-order valence-corrected chi connectivity index (χ0v) is 17.4. The largest absolute Gasteiger partial charge is 0.489 e. The van der Waals surface area contributed by atoms with Gasteiger partial charge in [0.25, 0.3) is 15.7 Å². The highest BCUT2D eigenvalue weighted by atomic mass is 32.2. The first-order valence-electron chi connectivity index (χ1n) is 9.55. The SMILES string of the molecule is O=c1cc(OCc2ccc(F)cc2)ccn1OCc1ccc(CCCS(=O)(=O)O)cc1. The topological polar surface area (TPSA) is 94.8 Å². The lowest BCUT2D eigenvalue weighted by Crippen LogP contribution is -2.25. The van der Waals surface area contributed by atoms with Gasteiger partial charge in [-0.1, -0.05) is 36.4 Å². The van der Waals surface area contributed by atoms with Crippen LogP contribution in [0.15, 0.2) is 71.7 Å². The van der Waals surface area contributed by atoms with Gasteiger partial charge in [-0.05, 0) is 41.7 Å². The molecule has 2 aromatic carbocycles. The van der Waals surface area contributed by atoms with Crippen LogP contribution in [0.25, 0.3) is 0 Å². The second-order valence-corrected chi connectivity index (χ2v) is 8.49. The summed E-state index contributed by atoms with van der Waals surface area (Å²) in [6.45, 7) is 0.377. The molecule has 164 valence electrons. The molecule has 0 spiro atoms. The Hall–Kier alpha value is -3.17. The van der Waals surface area contributed by atoms with Gasteiger partial charge in [-0.2, -0.15) is 13.1 Å². The minimum atomic E-state index is -3.94. The molecule has 7 nitrogen and oxygen atoms in total. The molecule has 3 aromatic rings. The molecule has 0 aliphatic carbocycles. The minimum Gasteiger partial charge on any atom is -0.489 e. The maximum atomic E-state index is 12.9. The van der Waals surface area contributed by atoms with Crippen molar-refractivity contribution < 1.29 is 26.9 Å². The third kappa shape index (κ3) is 7.54. The zero-order chi connectivity index (χ0) is 22.3. The number of pyridine rings is 1. The van der Waals surface area contributed by atoms with Crippen LogP contribution in [0, 0.1) is 5.82 Å². The van der Waals surface area contributed by atoms with Crippen molar-refractivity contribution in [3.63, 3.8) is 0 Å². The molecule has 0 radical (unpaired) electrons. The Kier molecular flexibility index (Phi) is 7.43. The molecule has 0 saturated heterocycles. The van der Waals surface area contributed by atoms with Gasteiger partial charge in [0.15, 0.2) is 0 Å². The van der Waals surface area contributed by atoms with Crippen molar-refractivity contribution >= 4 is 10.1 Å². The molecule has 0 unspecified atom stereocenters. The van der Waals surface area contributed by atoms with Crippen LogP contribution in [0.5, 0.6) is 5.75 Å². The minimum absolute atomic E-state index is 0.168. The highest BCUT2D eigenvalue weighted by Crippen LogP contribution is 2.11. The van der Waals surface area contributed by atoms with Crippen LogP contribution in [-0.4, -0.2) is 23.5 Å². The quantitative estimate of drug-likeness (QED) is 0.480. The van der Waals surface area contributed by atoms with Crippen molar-refractivity contribution in [3.8, 4) is 5.75 Å². The first kappa shape index (κ1) is 22.5. The van der Waals surface area contributed by atoms with Crippen molar-refractivity contribution in [2.24, 2.45) is 0 Å². The number of nitrogens with zero attached hydrogens (tertiary/aromatic N) is 1. The molecule has 1 heterocycles. The third-order valence-corrected chi connectivity index (χ3v) is 5.24. The fourth-order valence-electron chi connectivity index (χ4n) is 2.80. The van der Waals surface area contributed by atoms with Gasteiger partial charge in [0.05, 0.1) is 11.9 Å². The Morgan fingerprint density at radius 1 is 0.903 bits per heavy atom. The van der Waals surface area contributed by atoms with E-state index in [2.05, 4.69) is 0 Å². The predicted octanol–water partition coefficient (Wildman–Crippen LogP) is 3.02. The lowest BCUT2D eigenvalue weighted by atomic mass is 10.1. The van der Waals surface area contributed by atoms with Crippen LogP contribution in [0.3, 0.4) is 0 Å². The van der Waals surface area contributed by atoms with Gasteiger partial charge in [0.1, 0.15) is 24.8 Å². The van der Waals surface area contributed by atoms with E-state index in [1.165, 1.54) is 24.4 Å². The predicted molar refractivity (Wildman–Crippen MR) is 113 cm³/mol. The number of rotatable bonds is 10. The lowest BCUT2D eigenvalue weighted by molar-refractivity contribution is 0.0884. The standard InChI is InChI=1S/C22H22FNO6S/c23-20-9-7-18(8-10-20)15-29-21-11-12-24(22(25)14-21)30-16-19-5-3-17(4-6-19)2-1-13-31(26,27)28/h3-12,14H,1-2,13,15-16H2,(H,26,27,28). The summed E-state index contributed by atoms with van der Waals surface area (Å²) in [4.78, 5) is 17.7. The summed E-state index contributed by atoms with van der Waals surface area (Å²) in [5.74, 6) is -0.219. The molecule has 0 aliphatic rings. The summed E-state index contributed by atoms with van der Waals surface area (Å²) in [6.07, 6.45) is 2.32. The first-order chi connectivity index (χ1) is 14.8. The maximum absolute atomic E-state index is 12.9. The number of hydrogen-bond acceptors (Lipinski definition) is 5. The smallest absolute Gasteiger partial charge is 0.286 e. The second-order valence-electron chi connectivity index (χ2n) is 6.92. The van der Waals surface area contributed by atoms with E-state index in [9.17, 15) is 17.6 Å². The van der Waals surface area contributed by atoms with Crippen LogP contribution in [0.2, 0.25) is 0 Å². The number of ether oxygens (including phenoxy) is 1. The lowest BCUT2D eigenvalue weighted by Gasteiger charge is -2.11. The van der Waals surface area contributed by atoms with Gasteiger partial charge >= 0.3 is 0 Å². The van der Waals surface area contributed by atoms with Gasteiger partial charge in [0.2, 0.25) is 0 Å². The highest BCUT2D eigenvalue weighted by molar-refractivity contribution is 7.85. The molecular weight excluding hydrogens is 425 g/mol. The van der Waals surface area contributed by atoms with E-state index >= 15 is 0 Å². The monoisotopic (exact) mass is 447 g/mol. The van der Waals surface area contributed by atoms with E-state index in [1.54, 1.807) is 18.2 Å². The molecule has 1 aromatic heterocycles. The number of aryl methyl sites for hydroxylation is 1. The Bertz CT molecular complexity index is 1160. The molecule has 0 fully saturated rings. The molecule has 0 saturated carbocycles. The van der Waals surface area contributed by atoms with E-state index in [1.807, 2.05) is 24.3 Å². The fourth-order valence-corrected chi connectivity index (χ4v) is 3.31. The van der Waals surface area contributed by atoms with Crippen LogP contribution < -0.4 is 15.1 Å². The van der Waals surface area contributed by atoms with Gasteiger partial charge in [-0.3, -0.25) is 9.35 Å². The van der Waals surface area contributed by atoms with E-state index in [4.69, 9.17) is 14.1 Å². The summed E-state index contributed by atoms with van der Waals surface area (Å²) < 4.78 is 49.8. The Labute approximate surface area is 179 Å². The van der Waals surface area contributed by atoms with Crippen LogP contribution in [-0.2, 0) is 29.8 Å². The average molecular weight is 447 g/mol. The van der Waals surface area contributed by atoms with E-state index in [0.29, 0.717) is 18.6 Å². The molecule has 0 amide bonds. The summed E-state index contributed by atoms with van der Waals surface area (Å²) in [6, 6.07) is 16.2. The highest BCUT2D eigenvalue weighted by Gasteiger charge is 2.05. The number of hydrogen-bond donors (Lipinski definition) is 1. The Balaban J connectivity index is 1.50. The van der Waals surface area contributed by atoms with Gasteiger partial charge in [-0.25, -0.2) is 4.39 Å². The second kappa shape index (κ2) is 10.2. The molecule has 31 heavy (non-hydrogen) atoms. The summed E-state index contributed by atoms with van der Waals surface area (Å²) in [5.41, 5.74) is 2.16. The Morgan fingerprint density at radius 3 is 2.16 bits per heavy atom. The van der Waals surface area contributed by atoms with Crippen LogP contribution >= 0.6 is 0 Å². The summed E-state index contributed by atoms with van der Waals surface area (Å²) in [5, 5.41) is 0. The van der Waals surface area contributed by atoms with Gasteiger partial charge in [0, 0.05) is 12.1 Å². The molecule has 9 heteroatoms. The number of halogens is 1. The third-order valence-electron chi connectivity index (χ3n) is 4.44. The number of benzene rings is 2. The van der Waals surface area contributed by atoms with E-state index < -0.39 is 15.7 Å². The zero-order valence-electron chi connectivity index (χ0n) is 16.6. The Morgan fingerprint density at radius 2 is 1.52 bits per heavy atom. The van der Waals surface area contributed by atoms with Crippen molar-refractivity contribution in [2.75, 3.05) is 5.75 Å².